The lowest BCUT2D eigenvalue weighted by atomic mass is 10.2. The Labute approximate surface area is 121 Å². The maximum Gasteiger partial charge on any atom is 0.266 e. The predicted octanol–water partition coefficient (Wildman–Crippen LogP) is 3.47. The summed E-state index contributed by atoms with van der Waals surface area (Å²) in [6.45, 7) is 5.60. The van der Waals surface area contributed by atoms with E-state index in [0.29, 0.717) is 27.2 Å². The molecule has 2 N–H and O–H groups in total. The fourth-order valence-corrected chi connectivity index (χ4v) is 2.14. The third-order valence-corrected chi connectivity index (χ3v) is 3.46. The van der Waals surface area contributed by atoms with Crippen molar-refractivity contribution < 1.29 is 4.52 Å². The molecule has 0 aliphatic heterocycles. The molecular weight excluding hydrogens is 287 g/mol. The van der Waals surface area contributed by atoms with Gasteiger partial charge in [-0.25, -0.2) is 0 Å². The summed E-state index contributed by atoms with van der Waals surface area (Å²) < 4.78 is 5.23. The number of aromatic nitrogens is 2. The maximum absolute atomic E-state index is 6.11. The molecule has 7 heteroatoms. The summed E-state index contributed by atoms with van der Waals surface area (Å²) in [5.74, 6) is 0.780. The van der Waals surface area contributed by atoms with Crippen LogP contribution in [0.15, 0.2) is 16.7 Å². The van der Waals surface area contributed by atoms with Crippen LogP contribution in [0.2, 0.25) is 10.0 Å². The van der Waals surface area contributed by atoms with Crippen LogP contribution in [0.25, 0.3) is 11.5 Å². The molecule has 0 saturated carbocycles. The summed E-state index contributed by atoms with van der Waals surface area (Å²) in [5.41, 5.74) is 6.72. The zero-order valence-corrected chi connectivity index (χ0v) is 12.2. The van der Waals surface area contributed by atoms with Crippen molar-refractivity contribution in [1.29, 1.82) is 0 Å². The molecule has 0 radical (unpaired) electrons. The van der Waals surface area contributed by atoms with Gasteiger partial charge in [0.25, 0.3) is 11.8 Å². The van der Waals surface area contributed by atoms with Crippen molar-refractivity contribution in [2.24, 2.45) is 0 Å². The van der Waals surface area contributed by atoms with Gasteiger partial charge >= 0.3 is 0 Å². The first kappa shape index (κ1) is 14.0. The Morgan fingerprint density at radius 1 is 1.21 bits per heavy atom. The number of rotatable bonds is 4. The Morgan fingerprint density at radius 2 is 1.84 bits per heavy atom. The maximum atomic E-state index is 6.11. The Hall–Kier alpha value is -1.46. The molecule has 19 heavy (non-hydrogen) atoms. The van der Waals surface area contributed by atoms with Gasteiger partial charge in [0.2, 0.25) is 0 Å². The SMILES string of the molecule is CCN(CC)c1noc(-c2c(Cl)ccc(Cl)c2N)n1. The second kappa shape index (κ2) is 5.67. The summed E-state index contributed by atoms with van der Waals surface area (Å²) in [6, 6.07) is 3.28. The number of benzene rings is 1. The number of halogens is 2. The van der Waals surface area contributed by atoms with Crippen molar-refractivity contribution in [2.75, 3.05) is 23.7 Å². The lowest BCUT2D eigenvalue weighted by Gasteiger charge is -2.14. The number of nitrogens with zero attached hydrogens (tertiary/aromatic N) is 3. The average Bonchev–Trinajstić information content (AvgIpc) is 2.85. The number of nitrogens with two attached hydrogens (primary N) is 1. The van der Waals surface area contributed by atoms with E-state index in [9.17, 15) is 0 Å². The van der Waals surface area contributed by atoms with E-state index in [1.807, 2.05) is 18.7 Å². The summed E-state index contributed by atoms with van der Waals surface area (Å²) in [5, 5.41) is 4.76. The molecule has 0 amide bonds. The van der Waals surface area contributed by atoms with Gasteiger partial charge in [0.05, 0.1) is 21.3 Å². The Morgan fingerprint density at radius 3 is 2.47 bits per heavy atom. The fraction of sp³-hybridized carbons (Fsp3) is 0.333. The predicted molar refractivity (Wildman–Crippen MR) is 77.7 cm³/mol. The molecule has 1 aromatic carbocycles. The van der Waals surface area contributed by atoms with Crippen LogP contribution in [0.3, 0.4) is 0 Å². The first-order valence-corrected chi connectivity index (χ1v) is 6.66. The van der Waals surface area contributed by atoms with Gasteiger partial charge in [0.15, 0.2) is 0 Å². The van der Waals surface area contributed by atoms with E-state index in [2.05, 4.69) is 10.1 Å². The highest BCUT2D eigenvalue weighted by Gasteiger charge is 2.19. The van der Waals surface area contributed by atoms with Gasteiger partial charge in [-0.3, -0.25) is 0 Å². The van der Waals surface area contributed by atoms with Gasteiger partial charge in [-0.2, -0.15) is 4.98 Å². The lowest BCUT2D eigenvalue weighted by molar-refractivity contribution is 0.429. The summed E-state index contributed by atoms with van der Waals surface area (Å²) in [6.07, 6.45) is 0. The largest absolute Gasteiger partial charge is 0.397 e. The molecule has 0 atom stereocenters. The van der Waals surface area contributed by atoms with Crippen molar-refractivity contribution in [2.45, 2.75) is 13.8 Å². The molecule has 0 unspecified atom stereocenters. The van der Waals surface area contributed by atoms with Crippen molar-refractivity contribution in [1.82, 2.24) is 10.1 Å². The zero-order valence-electron chi connectivity index (χ0n) is 10.7. The third kappa shape index (κ3) is 2.62. The molecule has 2 rings (SSSR count). The van der Waals surface area contributed by atoms with Crippen molar-refractivity contribution >= 4 is 34.8 Å². The van der Waals surface area contributed by atoms with E-state index in [1.54, 1.807) is 12.1 Å². The third-order valence-electron chi connectivity index (χ3n) is 2.82. The number of hydrogen-bond donors (Lipinski definition) is 1. The summed E-state index contributed by atoms with van der Waals surface area (Å²) >= 11 is 12.1. The molecule has 1 heterocycles. The quantitative estimate of drug-likeness (QED) is 0.876. The minimum atomic E-state index is 0.270. The van der Waals surface area contributed by atoms with E-state index in [0.717, 1.165) is 13.1 Å². The number of hydrogen-bond acceptors (Lipinski definition) is 5. The van der Waals surface area contributed by atoms with E-state index in [-0.39, 0.29) is 5.89 Å². The van der Waals surface area contributed by atoms with Crippen LogP contribution in [0, 0.1) is 0 Å². The molecule has 0 aliphatic rings. The summed E-state index contributed by atoms with van der Waals surface area (Å²) in [4.78, 5) is 6.27. The highest BCUT2D eigenvalue weighted by Crippen LogP contribution is 2.37. The number of nitrogen functional groups attached to an aromatic ring is 1. The minimum absolute atomic E-state index is 0.270. The van der Waals surface area contributed by atoms with E-state index < -0.39 is 0 Å². The van der Waals surface area contributed by atoms with Crippen LogP contribution >= 0.6 is 23.2 Å². The molecule has 0 aliphatic carbocycles. The molecule has 1 aromatic heterocycles. The van der Waals surface area contributed by atoms with E-state index >= 15 is 0 Å². The standard InChI is InChI=1S/C12H14Cl2N4O/c1-3-18(4-2)12-16-11(19-17-12)9-7(13)5-6-8(14)10(9)15/h5-6H,3-4,15H2,1-2H3. The average molecular weight is 301 g/mol. The molecule has 0 spiro atoms. The highest BCUT2D eigenvalue weighted by atomic mass is 35.5. The molecule has 5 nitrogen and oxygen atoms in total. The summed E-state index contributed by atoms with van der Waals surface area (Å²) in [7, 11) is 0. The van der Waals surface area contributed by atoms with Gasteiger partial charge in [-0.05, 0) is 31.1 Å². The van der Waals surface area contributed by atoms with Gasteiger partial charge in [-0.1, -0.05) is 23.2 Å². The molecule has 0 saturated heterocycles. The topological polar surface area (TPSA) is 68.2 Å². The van der Waals surface area contributed by atoms with Gasteiger partial charge in [-0.15, -0.1) is 0 Å². The van der Waals surface area contributed by atoms with Crippen LogP contribution in [-0.2, 0) is 0 Å². The lowest BCUT2D eigenvalue weighted by Crippen LogP contribution is -2.22. The number of anilines is 2. The van der Waals surface area contributed by atoms with Gasteiger partial charge < -0.3 is 15.2 Å². The van der Waals surface area contributed by atoms with Gasteiger partial charge in [0.1, 0.15) is 0 Å². The normalized spacial score (nSPS) is 10.7. The minimum Gasteiger partial charge on any atom is -0.397 e. The first-order valence-electron chi connectivity index (χ1n) is 5.91. The van der Waals surface area contributed by atoms with Crippen LogP contribution in [0.1, 0.15) is 13.8 Å². The van der Waals surface area contributed by atoms with Crippen molar-refractivity contribution in [3.63, 3.8) is 0 Å². The molecular formula is C12H14Cl2N4O. The zero-order chi connectivity index (χ0) is 14.0. The van der Waals surface area contributed by atoms with Crippen LogP contribution in [0.4, 0.5) is 11.6 Å². The molecule has 102 valence electrons. The second-order valence-electron chi connectivity index (χ2n) is 3.89. The molecule has 2 aromatic rings. The fourth-order valence-electron chi connectivity index (χ4n) is 1.74. The van der Waals surface area contributed by atoms with Crippen LogP contribution in [-0.4, -0.2) is 23.2 Å². The molecule has 0 bridgehead atoms. The first-order chi connectivity index (χ1) is 9.08. The highest BCUT2D eigenvalue weighted by molar-refractivity contribution is 6.37. The second-order valence-corrected chi connectivity index (χ2v) is 4.70. The molecule has 0 fully saturated rings. The van der Waals surface area contributed by atoms with E-state index in [4.69, 9.17) is 33.5 Å². The smallest absolute Gasteiger partial charge is 0.266 e. The van der Waals surface area contributed by atoms with Crippen LogP contribution in [0.5, 0.6) is 0 Å². The van der Waals surface area contributed by atoms with Crippen LogP contribution < -0.4 is 10.6 Å². The van der Waals surface area contributed by atoms with E-state index in [1.165, 1.54) is 0 Å². The Bertz CT molecular complexity index is 581. The Balaban J connectivity index is 2.46. The Kier molecular flexibility index (Phi) is 4.17. The van der Waals surface area contributed by atoms with Crippen molar-refractivity contribution in [3.05, 3.63) is 22.2 Å². The van der Waals surface area contributed by atoms with Gasteiger partial charge in [0, 0.05) is 13.1 Å². The van der Waals surface area contributed by atoms with Crippen molar-refractivity contribution in [3.8, 4) is 11.5 Å². The monoisotopic (exact) mass is 300 g/mol.